The Hall–Kier alpha value is -1.06. The van der Waals surface area contributed by atoms with Gasteiger partial charge in [0, 0.05) is 17.8 Å². The SMILES string of the molecule is CCN1CCC(NC2CCc3cc(N)ccc32)CC1. The average Bonchev–Trinajstić information content (AvgIpc) is 2.82. The van der Waals surface area contributed by atoms with Gasteiger partial charge in [0.25, 0.3) is 0 Å². The lowest BCUT2D eigenvalue weighted by atomic mass is 10.0. The van der Waals surface area contributed by atoms with Crippen LogP contribution >= 0.6 is 0 Å². The second-order valence-electron chi connectivity index (χ2n) is 5.92. The first-order chi connectivity index (χ1) is 9.26. The molecule has 0 saturated carbocycles. The van der Waals surface area contributed by atoms with Crippen LogP contribution in [0.25, 0.3) is 0 Å². The van der Waals surface area contributed by atoms with E-state index in [2.05, 4.69) is 29.3 Å². The van der Waals surface area contributed by atoms with Crippen LogP contribution in [0.4, 0.5) is 5.69 Å². The molecule has 104 valence electrons. The van der Waals surface area contributed by atoms with E-state index in [9.17, 15) is 0 Å². The first kappa shape index (κ1) is 12.9. The normalized spacial score (nSPS) is 24.6. The van der Waals surface area contributed by atoms with E-state index in [1.165, 1.54) is 56.4 Å². The van der Waals surface area contributed by atoms with Gasteiger partial charge in [-0.25, -0.2) is 0 Å². The van der Waals surface area contributed by atoms with Crippen molar-refractivity contribution in [3.05, 3.63) is 29.3 Å². The van der Waals surface area contributed by atoms with E-state index in [-0.39, 0.29) is 0 Å². The minimum atomic E-state index is 0.550. The second kappa shape index (κ2) is 5.51. The number of nitrogens with one attached hydrogen (secondary N) is 1. The molecular formula is C16H25N3. The summed E-state index contributed by atoms with van der Waals surface area (Å²) in [6, 6.07) is 7.65. The number of aryl methyl sites for hydroxylation is 1. The molecule has 0 aromatic heterocycles. The number of benzene rings is 1. The van der Waals surface area contributed by atoms with Gasteiger partial charge in [-0.2, -0.15) is 0 Å². The van der Waals surface area contributed by atoms with Gasteiger partial charge in [-0.05, 0) is 68.6 Å². The van der Waals surface area contributed by atoms with Crippen LogP contribution in [-0.2, 0) is 6.42 Å². The third-order valence-electron chi connectivity index (χ3n) is 4.72. The van der Waals surface area contributed by atoms with Crippen LogP contribution in [0, 0.1) is 0 Å². The Morgan fingerprint density at radius 1 is 1.26 bits per heavy atom. The zero-order valence-corrected chi connectivity index (χ0v) is 11.9. The lowest BCUT2D eigenvalue weighted by Gasteiger charge is -2.33. The fourth-order valence-electron chi connectivity index (χ4n) is 3.51. The fourth-order valence-corrected chi connectivity index (χ4v) is 3.51. The van der Waals surface area contributed by atoms with Crippen molar-refractivity contribution < 1.29 is 0 Å². The van der Waals surface area contributed by atoms with Gasteiger partial charge >= 0.3 is 0 Å². The monoisotopic (exact) mass is 259 g/mol. The van der Waals surface area contributed by atoms with Crippen molar-refractivity contribution >= 4 is 5.69 Å². The van der Waals surface area contributed by atoms with Crippen LogP contribution in [0.2, 0.25) is 0 Å². The quantitative estimate of drug-likeness (QED) is 0.819. The molecule has 3 rings (SSSR count). The third kappa shape index (κ3) is 2.77. The van der Waals surface area contributed by atoms with E-state index in [0.29, 0.717) is 12.1 Å². The summed E-state index contributed by atoms with van der Waals surface area (Å²) in [4.78, 5) is 2.54. The predicted octanol–water partition coefficient (Wildman–Crippen LogP) is 2.33. The lowest BCUT2D eigenvalue weighted by molar-refractivity contribution is 0.198. The van der Waals surface area contributed by atoms with Gasteiger partial charge in [0.05, 0.1) is 0 Å². The fraction of sp³-hybridized carbons (Fsp3) is 0.625. The maximum atomic E-state index is 5.87. The predicted molar refractivity (Wildman–Crippen MR) is 80.2 cm³/mol. The van der Waals surface area contributed by atoms with Crippen molar-refractivity contribution in [1.82, 2.24) is 10.2 Å². The van der Waals surface area contributed by atoms with Crippen molar-refractivity contribution in [1.29, 1.82) is 0 Å². The van der Waals surface area contributed by atoms with Crippen molar-refractivity contribution in [2.45, 2.75) is 44.7 Å². The molecule has 0 amide bonds. The summed E-state index contributed by atoms with van der Waals surface area (Å²) in [6.45, 7) is 5.94. The standard InChI is InChI=1S/C16H25N3/c1-2-19-9-7-14(8-10-19)18-16-6-3-12-11-13(17)4-5-15(12)16/h4-5,11,14,16,18H,2-3,6-10,17H2,1H3. The highest BCUT2D eigenvalue weighted by atomic mass is 15.1. The molecule has 0 spiro atoms. The highest BCUT2D eigenvalue weighted by Gasteiger charge is 2.26. The van der Waals surface area contributed by atoms with Crippen molar-refractivity contribution in [2.75, 3.05) is 25.4 Å². The van der Waals surface area contributed by atoms with Crippen LogP contribution in [0.1, 0.15) is 43.4 Å². The van der Waals surface area contributed by atoms with Gasteiger partial charge in [0.15, 0.2) is 0 Å². The summed E-state index contributed by atoms with van der Waals surface area (Å²) in [5, 5.41) is 3.87. The molecular weight excluding hydrogens is 234 g/mol. The first-order valence-corrected chi connectivity index (χ1v) is 7.63. The zero-order chi connectivity index (χ0) is 13.2. The van der Waals surface area contributed by atoms with E-state index >= 15 is 0 Å². The number of nitrogen functional groups attached to an aromatic ring is 1. The Morgan fingerprint density at radius 3 is 2.79 bits per heavy atom. The van der Waals surface area contributed by atoms with Gasteiger partial charge in [-0.15, -0.1) is 0 Å². The van der Waals surface area contributed by atoms with E-state index in [1.807, 2.05) is 6.07 Å². The maximum Gasteiger partial charge on any atom is 0.0328 e. The Bertz CT molecular complexity index is 436. The molecule has 3 N–H and O–H groups in total. The van der Waals surface area contributed by atoms with E-state index < -0.39 is 0 Å². The zero-order valence-electron chi connectivity index (χ0n) is 11.9. The van der Waals surface area contributed by atoms with E-state index in [1.54, 1.807) is 0 Å². The highest BCUT2D eigenvalue weighted by Crippen LogP contribution is 2.33. The minimum absolute atomic E-state index is 0.550. The molecule has 1 aliphatic heterocycles. The smallest absolute Gasteiger partial charge is 0.0328 e. The summed E-state index contributed by atoms with van der Waals surface area (Å²) in [5.74, 6) is 0. The van der Waals surface area contributed by atoms with Gasteiger partial charge < -0.3 is 16.0 Å². The number of hydrogen-bond acceptors (Lipinski definition) is 3. The Balaban J connectivity index is 1.61. The van der Waals surface area contributed by atoms with Crippen LogP contribution < -0.4 is 11.1 Å². The molecule has 0 bridgehead atoms. The van der Waals surface area contributed by atoms with Crippen LogP contribution in [-0.4, -0.2) is 30.6 Å². The van der Waals surface area contributed by atoms with Crippen LogP contribution in [0.15, 0.2) is 18.2 Å². The molecule has 1 fully saturated rings. The topological polar surface area (TPSA) is 41.3 Å². The Labute approximate surface area is 116 Å². The number of likely N-dealkylation sites (tertiary alicyclic amines) is 1. The number of rotatable bonds is 3. The van der Waals surface area contributed by atoms with Gasteiger partial charge in [0.1, 0.15) is 0 Å². The number of piperidine rings is 1. The molecule has 2 aliphatic rings. The molecule has 3 heteroatoms. The van der Waals surface area contributed by atoms with Gasteiger partial charge in [-0.1, -0.05) is 13.0 Å². The molecule has 19 heavy (non-hydrogen) atoms. The lowest BCUT2D eigenvalue weighted by Crippen LogP contribution is -2.43. The maximum absolute atomic E-state index is 5.87. The van der Waals surface area contributed by atoms with Gasteiger partial charge in [0.2, 0.25) is 0 Å². The largest absolute Gasteiger partial charge is 0.399 e. The van der Waals surface area contributed by atoms with Crippen molar-refractivity contribution in [3.8, 4) is 0 Å². The molecule has 1 aromatic rings. The molecule has 3 nitrogen and oxygen atoms in total. The number of hydrogen-bond donors (Lipinski definition) is 2. The molecule has 0 radical (unpaired) electrons. The average molecular weight is 259 g/mol. The van der Waals surface area contributed by atoms with Crippen molar-refractivity contribution in [3.63, 3.8) is 0 Å². The highest BCUT2D eigenvalue weighted by molar-refractivity contribution is 5.47. The summed E-state index contributed by atoms with van der Waals surface area (Å²) in [7, 11) is 0. The molecule has 1 heterocycles. The number of nitrogens with two attached hydrogens (primary N) is 1. The van der Waals surface area contributed by atoms with Gasteiger partial charge in [-0.3, -0.25) is 0 Å². The number of fused-ring (bicyclic) bond motifs is 1. The van der Waals surface area contributed by atoms with Crippen molar-refractivity contribution in [2.24, 2.45) is 0 Å². The number of nitrogens with zero attached hydrogens (tertiary/aromatic N) is 1. The van der Waals surface area contributed by atoms with E-state index in [4.69, 9.17) is 5.73 Å². The molecule has 1 unspecified atom stereocenters. The number of anilines is 1. The summed E-state index contributed by atoms with van der Waals surface area (Å²) >= 11 is 0. The summed E-state index contributed by atoms with van der Waals surface area (Å²) < 4.78 is 0. The third-order valence-corrected chi connectivity index (χ3v) is 4.72. The molecule has 1 saturated heterocycles. The van der Waals surface area contributed by atoms with E-state index in [0.717, 1.165) is 5.69 Å². The Morgan fingerprint density at radius 2 is 2.05 bits per heavy atom. The molecule has 1 aliphatic carbocycles. The molecule has 1 aromatic carbocycles. The minimum Gasteiger partial charge on any atom is -0.399 e. The second-order valence-corrected chi connectivity index (χ2v) is 5.92. The van der Waals surface area contributed by atoms with Crippen LogP contribution in [0.3, 0.4) is 0 Å². The van der Waals surface area contributed by atoms with Crippen LogP contribution in [0.5, 0.6) is 0 Å². The Kier molecular flexibility index (Phi) is 3.76. The molecule has 1 atom stereocenters. The first-order valence-electron chi connectivity index (χ1n) is 7.63. The summed E-state index contributed by atoms with van der Waals surface area (Å²) in [6.07, 6.45) is 4.97. The summed E-state index contributed by atoms with van der Waals surface area (Å²) in [5.41, 5.74) is 9.69.